The first kappa shape index (κ1) is 20.1. The molecule has 8 heteroatoms. The molecule has 0 unspecified atom stereocenters. The van der Waals surface area contributed by atoms with Crippen molar-refractivity contribution in [3.63, 3.8) is 0 Å². The Morgan fingerprint density at radius 2 is 1.74 bits per heavy atom. The molecule has 156 valence electrons. The molecule has 0 saturated heterocycles. The van der Waals surface area contributed by atoms with Crippen LogP contribution in [0.5, 0.6) is 11.5 Å². The van der Waals surface area contributed by atoms with Gasteiger partial charge >= 0.3 is 0 Å². The summed E-state index contributed by atoms with van der Waals surface area (Å²) in [6.45, 7) is 1.54. The molecular formula is C23H21N5O3. The fraction of sp³-hybridized carbons (Fsp3) is 0.130. The van der Waals surface area contributed by atoms with Gasteiger partial charge in [-0.1, -0.05) is 0 Å². The number of Topliss-reactive ketones (excluding diaryl/α,β-unsaturated/α-hetero) is 1. The summed E-state index contributed by atoms with van der Waals surface area (Å²) in [6.07, 6.45) is 1.53. The number of hydrogen-bond donors (Lipinski definition) is 2. The van der Waals surface area contributed by atoms with E-state index >= 15 is 0 Å². The molecule has 0 aliphatic carbocycles. The molecule has 4 aromatic rings. The molecule has 0 spiro atoms. The summed E-state index contributed by atoms with van der Waals surface area (Å²) in [6, 6.07) is 16.1. The van der Waals surface area contributed by atoms with Gasteiger partial charge in [-0.05, 0) is 49.4 Å². The first-order valence-electron chi connectivity index (χ1n) is 9.65. The topological polar surface area (TPSA) is 98.1 Å². The second kappa shape index (κ2) is 8.27. The van der Waals surface area contributed by atoms with Gasteiger partial charge in [0.1, 0.15) is 17.2 Å². The van der Waals surface area contributed by atoms with Crippen LogP contribution in [0.2, 0.25) is 0 Å². The van der Waals surface area contributed by atoms with Crippen LogP contribution in [0.4, 0.5) is 11.6 Å². The molecule has 2 aromatic carbocycles. The molecule has 0 atom stereocenters. The number of amides is 1. The first-order valence-corrected chi connectivity index (χ1v) is 9.65. The van der Waals surface area contributed by atoms with Crippen molar-refractivity contribution in [3.05, 3.63) is 72.1 Å². The van der Waals surface area contributed by atoms with Crippen molar-refractivity contribution in [2.45, 2.75) is 6.92 Å². The van der Waals surface area contributed by atoms with Crippen LogP contribution in [-0.4, -0.2) is 33.3 Å². The molecule has 1 amide bonds. The molecule has 0 aliphatic rings. The summed E-state index contributed by atoms with van der Waals surface area (Å²) in [5.74, 6) is 1.51. The Morgan fingerprint density at radius 1 is 1.00 bits per heavy atom. The number of nitrogens with one attached hydrogen (secondary N) is 2. The van der Waals surface area contributed by atoms with Crippen LogP contribution < -0.4 is 15.4 Å². The fourth-order valence-corrected chi connectivity index (χ4v) is 3.14. The molecule has 0 bridgehead atoms. The Balaban J connectivity index is 1.57. The van der Waals surface area contributed by atoms with Gasteiger partial charge in [0.05, 0.1) is 11.0 Å². The monoisotopic (exact) mass is 415 g/mol. The third kappa shape index (κ3) is 4.23. The number of nitrogens with zero attached hydrogens (tertiary/aromatic N) is 3. The summed E-state index contributed by atoms with van der Waals surface area (Å²) in [7, 11) is 3.47. The molecule has 31 heavy (non-hydrogen) atoms. The highest BCUT2D eigenvalue weighted by molar-refractivity contribution is 5.94. The van der Waals surface area contributed by atoms with Crippen molar-refractivity contribution in [2.75, 3.05) is 12.4 Å². The van der Waals surface area contributed by atoms with Gasteiger partial charge in [-0.3, -0.25) is 14.6 Å². The average Bonchev–Trinajstić information content (AvgIpc) is 3.08. The van der Waals surface area contributed by atoms with Gasteiger partial charge in [0.15, 0.2) is 5.78 Å². The van der Waals surface area contributed by atoms with Crippen LogP contribution in [0.1, 0.15) is 27.8 Å². The highest BCUT2D eigenvalue weighted by Gasteiger charge is 2.11. The average molecular weight is 415 g/mol. The largest absolute Gasteiger partial charge is 0.457 e. The summed E-state index contributed by atoms with van der Waals surface area (Å²) < 4.78 is 7.84. The number of pyridine rings is 1. The number of hydrogen-bond acceptors (Lipinski definition) is 6. The third-order valence-electron chi connectivity index (χ3n) is 4.83. The number of fused-ring (bicyclic) bond motifs is 1. The van der Waals surface area contributed by atoms with Crippen molar-refractivity contribution in [1.82, 2.24) is 19.9 Å². The first-order chi connectivity index (χ1) is 14.9. The van der Waals surface area contributed by atoms with Gasteiger partial charge in [-0.25, -0.2) is 4.98 Å². The Labute approximate surface area is 178 Å². The number of imidazole rings is 1. The number of carbonyl (C=O) groups excluding carboxylic acids is 2. The van der Waals surface area contributed by atoms with E-state index in [0.29, 0.717) is 23.0 Å². The van der Waals surface area contributed by atoms with Crippen LogP contribution in [0.25, 0.3) is 11.0 Å². The summed E-state index contributed by atoms with van der Waals surface area (Å²) >= 11 is 0. The Kier molecular flexibility index (Phi) is 5.36. The lowest BCUT2D eigenvalue weighted by Crippen LogP contribution is -2.18. The predicted molar refractivity (Wildman–Crippen MR) is 118 cm³/mol. The number of carbonyl (C=O) groups is 2. The number of rotatable bonds is 6. The molecule has 4 rings (SSSR count). The molecule has 2 aromatic heterocycles. The van der Waals surface area contributed by atoms with Crippen molar-refractivity contribution in [1.29, 1.82) is 0 Å². The van der Waals surface area contributed by atoms with E-state index in [1.165, 1.54) is 6.20 Å². The molecule has 0 fully saturated rings. The maximum absolute atomic E-state index is 11.8. The number of ether oxygens (including phenoxy) is 1. The van der Waals surface area contributed by atoms with Gasteiger partial charge < -0.3 is 19.9 Å². The van der Waals surface area contributed by atoms with E-state index in [9.17, 15) is 9.59 Å². The molecule has 0 radical (unpaired) electrons. The predicted octanol–water partition coefficient (Wildman–Crippen LogP) is 4.07. The maximum atomic E-state index is 11.8. The van der Waals surface area contributed by atoms with Crippen LogP contribution in [0, 0.1) is 0 Å². The zero-order valence-corrected chi connectivity index (χ0v) is 17.3. The van der Waals surface area contributed by atoms with Crippen molar-refractivity contribution in [2.24, 2.45) is 7.05 Å². The normalized spacial score (nSPS) is 10.7. The smallest absolute Gasteiger partial charge is 0.269 e. The summed E-state index contributed by atoms with van der Waals surface area (Å²) in [5, 5.41) is 5.81. The van der Waals surface area contributed by atoms with Gasteiger partial charge in [0, 0.05) is 43.7 Å². The van der Waals surface area contributed by atoms with Crippen LogP contribution in [0.3, 0.4) is 0 Å². The lowest BCUT2D eigenvalue weighted by atomic mass is 10.1. The third-order valence-corrected chi connectivity index (χ3v) is 4.83. The van der Waals surface area contributed by atoms with E-state index in [4.69, 9.17) is 4.74 Å². The number of ketones is 1. The number of benzene rings is 2. The van der Waals surface area contributed by atoms with Gasteiger partial charge in [-0.2, -0.15) is 0 Å². The minimum atomic E-state index is -0.280. The molecular weight excluding hydrogens is 394 g/mol. The second-order valence-electron chi connectivity index (χ2n) is 6.96. The molecule has 0 saturated carbocycles. The molecule has 2 heterocycles. The van der Waals surface area contributed by atoms with Crippen LogP contribution in [-0.2, 0) is 7.05 Å². The lowest BCUT2D eigenvalue weighted by Gasteiger charge is -2.07. The van der Waals surface area contributed by atoms with E-state index in [2.05, 4.69) is 20.6 Å². The van der Waals surface area contributed by atoms with Crippen LogP contribution >= 0.6 is 0 Å². The van der Waals surface area contributed by atoms with E-state index in [1.807, 2.05) is 41.9 Å². The van der Waals surface area contributed by atoms with E-state index in [0.717, 1.165) is 16.7 Å². The highest BCUT2D eigenvalue weighted by Crippen LogP contribution is 2.28. The zero-order valence-electron chi connectivity index (χ0n) is 17.3. The number of aromatic nitrogens is 3. The Hall–Kier alpha value is -4.20. The quantitative estimate of drug-likeness (QED) is 0.461. The Morgan fingerprint density at radius 3 is 2.45 bits per heavy atom. The van der Waals surface area contributed by atoms with Gasteiger partial charge in [0.25, 0.3) is 5.91 Å². The SMILES string of the molecule is CNC(=O)c1cc(Oc2ccc3c(c2)nc(Nc2ccc(C(C)=O)cc2)n3C)ccn1. The number of aryl methyl sites for hydroxylation is 1. The van der Waals surface area contributed by atoms with E-state index in [-0.39, 0.29) is 17.4 Å². The molecule has 0 aliphatic heterocycles. The Bertz CT molecular complexity index is 1280. The zero-order chi connectivity index (χ0) is 22.0. The molecule has 8 nitrogen and oxygen atoms in total. The van der Waals surface area contributed by atoms with Crippen molar-refractivity contribution in [3.8, 4) is 11.5 Å². The second-order valence-corrected chi connectivity index (χ2v) is 6.96. The summed E-state index contributed by atoms with van der Waals surface area (Å²) in [5.41, 5.74) is 3.45. The maximum Gasteiger partial charge on any atom is 0.269 e. The standard InChI is InChI=1S/C23H21N5O3/c1-14(29)15-4-6-16(7-5-15)26-23-27-19-12-17(8-9-21(19)28(23)3)31-18-10-11-25-20(13-18)22(30)24-2/h4-13H,1-3H3,(H,24,30)(H,26,27). The van der Waals surface area contributed by atoms with Crippen LogP contribution in [0.15, 0.2) is 60.8 Å². The van der Waals surface area contributed by atoms with Crippen molar-refractivity contribution < 1.29 is 14.3 Å². The van der Waals surface area contributed by atoms with E-state index < -0.39 is 0 Å². The van der Waals surface area contributed by atoms with E-state index in [1.54, 1.807) is 38.2 Å². The summed E-state index contributed by atoms with van der Waals surface area (Å²) in [4.78, 5) is 31.9. The minimum absolute atomic E-state index is 0.0263. The van der Waals surface area contributed by atoms with Gasteiger partial charge in [0.2, 0.25) is 5.95 Å². The van der Waals surface area contributed by atoms with Crippen molar-refractivity contribution >= 4 is 34.4 Å². The minimum Gasteiger partial charge on any atom is -0.457 e. The highest BCUT2D eigenvalue weighted by atomic mass is 16.5. The molecule has 2 N–H and O–H groups in total. The number of anilines is 2. The van der Waals surface area contributed by atoms with Gasteiger partial charge in [-0.15, -0.1) is 0 Å². The lowest BCUT2D eigenvalue weighted by molar-refractivity contribution is 0.0956. The fourth-order valence-electron chi connectivity index (χ4n) is 3.14.